The molecule has 9 aromatic rings. The first-order valence-electron chi connectivity index (χ1n) is 17.2. The van der Waals surface area contributed by atoms with Crippen molar-refractivity contribution in [3.63, 3.8) is 0 Å². The average molecular weight is 657 g/mol. The highest BCUT2D eigenvalue weighted by atomic mass is 32.1. The summed E-state index contributed by atoms with van der Waals surface area (Å²) < 4.78 is 2.34. The van der Waals surface area contributed by atoms with E-state index in [1.54, 1.807) is 11.3 Å². The van der Waals surface area contributed by atoms with Crippen LogP contribution in [-0.4, -0.2) is 9.97 Å². The molecule has 0 saturated heterocycles. The Morgan fingerprint density at radius 2 is 1.12 bits per heavy atom. The van der Waals surface area contributed by atoms with Gasteiger partial charge in [0.15, 0.2) is 5.82 Å². The molecule has 3 heteroatoms. The van der Waals surface area contributed by atoms with E-state index in [0.29, 0.717) is 0 Å². The van der Waals surface area contributed by atoms with Crippen LogP contribution in [0.3, 0.4) is 0 Å². The van der Waals surface area contributed by atoms with Gasteiger partial charge in [-0.15, -0.1) is 11.3 Å². The molecule has 0 unspecified atom stereocenters. The molecule has 7 aromatic carbocycles. The average Bonchev–Trinajstić information content (AvgIpc) is 3.66. The minimum atomic E-state index is -0.139. The zero-order chi connectivity index (χ0) is 33.4. The van der Waals surface area contributed by atoms with E-state index >= 15 is 0 Å². The van der Waals surface area contributed by atoms with Crippen molar-refractivity contribution in [2.24, 2.45) is 0 Å². The van der Waals surface area contributed by atoms with Crippen LogP contribution < -0.4 is 0 Å². The first kappa shape index (κ1) is 29.1. The van der Waals surface area contributed by atoms with E-state index in [1.165, 1.54) is 54.2 Å². The van der Waals surface area contributed by atoms with Crippen molar-refractivity contribution >= 4 is 42.4 Å². The van der Waals surface area contributed by atoms with Crippen LogP contribution in [0.5, 0.6) is 0 Å². The van der Waals surface area contributed by atoms with E-state index in [9.17, 15) is 0 Å². The van der Waals surface area contributed by atoms with E-state index in [2.05, 4.69) is 172 Å². The van der Waals surface area contributed by atoms with Crippen molar-refractivity contribution in [1.82, 2.24) is 9.97 Å². The Morgan fingerprint density at radius 1 is 0.480 bits per heavy atom. The van der Waals surface area contributed by atoms with Gasteiger partial charge in [-0.25, -0.2) is 9.97 Å². The first-order valence-corrected chi connectivity index (χ1v) is 18.0. The van der Waals surface area contributed by atoms with E-state index in [1.807, 2.05) is 0 Å². The van der Waals surface area contributed by atoms with Crippen LogP contribution in [0.25, 0.3) is 87.1 Å². The van der Waals surface area contributed by atoms with Crippen molar-refractivity contribution in [3.8, 4) is 56.0 Å². The molecule has 0 N–H and O–H groups in total. The second kappa shape index (κ2) is 11.1. The third-order valence-electron chi connectivity index (χ3n) is 10.4. The lowest BCUT2D eigenvalue weighted by Crippen LogP contribution is -2.15. The third-order valence-corrected chi connectivity index (χ3v) is 11.6. The maximum Gasteiger partial charge on any atom is 0.160 e. The molecule has 0 atom stereocenters. The molecule has 2 nitrogen and oxygen atoms in total. The largest absolute Gasteiger partial charge is 0.226 e. The summed E-state index contributed by atoms with van der Waals surface area (Å²) in [6.07, 6.45) is 0. The molecule has 10 rings (SSSR count). The highest BCUT2D eigenvalue weighted by molar-refractivity contribution is 7.26. The molecule has 50 heavy (non-hydrogen) atoms. The van der Waals surface area contributed by atoms with E-state index in [0.717, 1.165) is 44.0 Å². The molecule has 0 radical (unpaired) electrons. The van der Waals surface area contributed by atoms with Gasteiger partial charge in [0, 0.05) is 26.6 Å². The van der Waals surface area contributed by atoms with Gasteiger partial charge in [0.05, 0.1) is 15.9 Å². The van der Waals surface area contributed by atoms with Crippen molar-refractivity contribution in [1.29, 1.82) is 0 Å². The molecule has 1 aliphatic rings. The number of fused-ring (bicyclic) bond motifs is 8. The Labute approximate surface area is 295 Å². The number of hydrogen-bond acceptors (Lipinski definition) is 3. The normalized spacial score (nSPS) is 13.2. The molecule has 0 bridgehead atoms. The Balaban J connectivity index is 1.19. The van der Waals surface area contributed by atoms with Crippen molar-refractivity contribution in [2.45, 2.75) is 19.3 Å². The second-order valence-electron chi connectivity index (χ2n) is 13.8. The summed E-state index contributed by atoms with van der Waals surface area (Å²) in [6, 6.07) is 57.0. The highest BCUT2D eigenvalue weighted by Gasteiger charge is 2.37. The number of hydrogen-bond donors (Lipinski definition) is 0. The van der Waals surface area contributed by atoms with Gasteiger partial charge in [-0.05, 0) is 85.6 Å². The Hall–Kier alpha value is -5.90. The summed E-state index contributed by atoms with van der Waals surface area (Å²) in [5.74, 6) is 0.735. The Morgan fingerprint density at radius 3 is 1.92 bits per heavy atom. The SMILES string of the molecule is CC1(C)c2cc(-c3cc(-c4ccccc4)cc(-c4nc(-c5ccccc5)c5sc6ccccc6c5n4)c3)ccc2-c2ccc3ccccc3c21. The van der Waals surface area contributed by atoms with Crippen molar-refractivity contribution in [2.75, 3.05) is 0 Å². The van der Waals surface area contributed by atoms with Crippen LogP contribution >= 0.6 is 11.3 Å². The predicted molar refractivity (Wildman–Crippen MR) is 212 cm³/mol. The van der Waals surface area contributed by atoms with Gasteiger partial charge in [0.1, 0.15) is 0 Å². The highest BCUT2D eigenvalue weighted by Crippen LogP contribution is 2.52. The Kier molecular flexibility index (Phi) is 6.43. The van der Waals surface area contributed by atoms with E-state index in [-0.39, 0.29) is 5.41 Å². The van der Waals surface area contributed by atoms with Gasteiger partial charge in [-0.1, -0.05) is 141 Å². The summed E-state index contributed by atoms with van der Waals surface area (Å²) >= 11 is 1.77. The molecule has 2 aromatic heterocycles. The number of nitrogens with zero attached hydrogens (tertiary/aromatic N) is 2. The summed E-state index contributed by atoms with van der Waals surface area (Å²) in [7, 11) is 0. The fourth-order valence-corrected chi connectivity index (χ4v) is 9.17. The number of aromatic nitrogens is 2. The molecule has 0 aliphatic heterocycles. The number of rotatable bonds is 4. The molecule has 236 valence electrons. The van der Waals surface area contributed by atoms with Gasteiger partial charge in [-0.3, -0.25) is 0 Å². The summed E-state index contributed by atoms with van der Waals surface area (Å²) in [6.45, 7) is 4.75. The van der Waals surface area contributed by atoms with Crippen LogP contribution in [0.1, 0.15) is 25.0 Å². The summed E-state index contributed by atoms with van der Waals surface area (Å²) in [5, 5.41) is 3.79. The van der Waals surface area contributed by atoms with Crippen LogP contribution in [0.2, 0.25) is 0 Å². The summed E-state index contributed by atoms with van der Waals surface area (Å²) in [5.41, 5.74) is 14.0. The topological polar surface area (TPSA) is 25.8 Å². The lowest BCUT2D eigenvalue weighted by atomic mass is 9.79. The van der Waals surface area contributed by atoms with Crippen LogP contribution in [0.15, 0.2) is 158 Å². The van der Waals surface area contributed by atoms with Gasteiger partial charge >= 0.3 is 0 Å². The zero-order valence-corrected chi connectivity index (χ0v) is 28.6. The number of thiophene rings is 1. The van der Waals surface area contributed by atoms with Gasteiger partial charge in [0.25, 0.3) is 0 Å². The van der Waals surface area contributed by atoms with E-state index < -0.39 is 0 Å². The first-order chi connectivity index (χ1) is 24.5. The fourth-order valence-electron chi connectivity index (χ4n) is 8.01. The van der Waals surface area contributed by atoms with Crippen LogP contribution in [0.4, 0.5) is 0 Å². The van der Waals surface area contributed by atoms with Gasteiger partial charge < -0.3 is 0 Å². The second-order valence-corrected chi connectivity index (χ2v) is 14.8. The van der Waals surface area contributed by atoms with Crippen molar-refractivity contribution < 1.29 is 0 Å². The molecule has 0 saturated carbocycles. The molecule has 1 aliphatic carbocycles. The minimum absolute atomic E-state index is 0.139. The molecular formula is C47H32N2S. The smallest absolute Gasteiger partial charge is 0.160 e. The minimum Gasteiger partial charge on any atom is -0.226 e. The standard InChI is InChI=1S/C47H32N2S/c1-47(2)40-28-32(22-23-37(40)38-24-21-30-15-9-10-18-36(30)42(38)47)34-25-33(29-13-5-3-6-14-29)26-35(27-34)46-48-43(31-16-7-4-8-17-31)45-44(49-46)39-19-11-12-20-41(39)50-45/h3-28H,1-2H3. The monoisotopic (exact) mass is 656 g/mol. The molecular weight excluding hydrogens is 625 g/mol. The van der Waals surface area contributed by atoms with Gasteiger partial charge in [-0.2, -0.15) is 0 Å². The molecule has 0 spiro atoms. The zero-order valence-electron chi connectivity index (χ0n) is 27.8. The van der Waals surface area contributed by atoms with E-state index in [4.69, 9.17) is 9.97 Å². The lowest BCUT2D eigenvalue weighted by molar-refractivity contribution is 0.666. The Bertz CT molecular complexity index is 2780. The van der Waals surface area contributed by atoms with Crippen LogP contribution in [-0.2, 0) is 5.41 Å². The maximum atomic E-state index is 5.34. The third kappa shape index (κ3) is 4.47. The molecule has 2 heterocycles. The fraction of sp³-hybridized carbons (Fsp3) is 0.0638. The predicted octanol–water partition coefficient (Wildman–Crippen LogP) is 13.0. The quantitative estimate of drug-likeness (QED) is 0.188. The number of benzene rings is 7. The summed E-state index contributed by atoms with van der Waals surface area (Å²) in [4.78, 5) is 10.7. The molecule has 0 amide bonds. The van der Waals surface area contributed by atoms with Gasteiger partial charge in [0.2, 0.25) is 0 Å². The maximum absolute atomic E-state index is 5.34. The molecule has 0 fully saturated rings. The lowest BCUT2D eigenvalue weighted by Gasteiger charge is -2.23. The van der Waals surface area contributed by atoms with Crippen molar-refractivity contribution in [3.05, 3.63) is 169 Å². The van der Waals surface area contributed by atoms with Crippen LogP contribution in [0, 0.1) is 0 Å².